The lowest BCUT2D eigenvalue weighted by molar-refractivity contribution is -0.117. The second-order valence-corrected chi connectivity index (χ2v) is 7.15. The fourth-order valence-corrected chi connectivity index (χ4v) is 3.26. The second kappa shape index (κ2) is 10.1. The molecule has 0 saturated heterocycles. The molecule has 0 radical (unpaired) electrons. The highest BCUT2D eigenvalue weighted by Crippen LogP contribution is 2.29. The van der Waals surface area contributed by atoms with E-state index in [-0.39, 0.29) is 5.57 Å². The lowest BCUT2D eigenvalue weighted by atomic mass is 10.1. The normalized spacial score (nSPS) is 10.8. The number of nitriles is 1. The third-order valence-electron chi connectivity index (χ3n) is 4.10. The van der Waals surface area contributed by atoms with Gasteiger partial charge in [-0.15, -0.1) is 11.3 Å². The van der Waals surface area contributed by atoms with Gasteiger partial charge in [-0.2, -0.15) is 5.26 Å². The van der Waals surface area contributed by atoms with Gasteiger partial charge in [-0.25, -0.2) is 0 Å². The Balaban J connectivity index is 1.70. The van der Waals surface area contributed by atoms with E-state index >= 15 is 0 Å². The summed E-state index contributed by atoms with van der Waals surface area (Å²) in [5, 5.41) is 14.1. The highest BCUT2D eigenvalue weighted by molar-refractivity contribution is 7.09. The minimum absolute atomic E-state index is 0.0292. The Morgan fingerprint density at radius 2 is 1.97 bits per heavy atom. The molecule has 1 heterocycles. The number of carbonyl (C=O) groups excluding carboxylic acids is 1. The predicted molar refractivity (Wildman–Crippen MR) is 114 cm³/mol. The predicted octanol–water partition coefficient (Wildman–Crippen LogP) is 4.56. The number of nitrogens with one attached hydrogen (secondary N) is 1. The number of hydrogen-bond acceptors (Lipinski definition) is 5. The number of amides is 1. The van der Waals surface area contributed by atoms with Crippen LogP contribution >= 0.6 is 11.3 Å². The summed E-state index contributed by atoms with van der Waals surface area (Å²) in [6, 6.07) is 20.9. The smallest absolute Gasteiger partial charge is 0.262 e. The minimum atomic E-state index is -0.413. The van der Waals surface area contributed by atoms with Gasteiger partial charge in [0.1, 0.15) is 18.2 Å². The molecule has 0 spiro atoms. The van der Waals surface area contributed by atoms with Crippen LogP contribution in [0, 0.1) is 11.3 Å². The van der Waals surface area contributed by atoms with E-state index in [1.807, 2.05) is 53.9 Å². The molecule has 0 atom stereocenters. The van der Waals surface area contributed by atoms with Crippen molar-refractivity contribution in [2.45, 2.75) is 13.2 Å². The fourth-order valence-electron chi connectivity index (χ4n) is 2.62. The van der Waals surface area contributed by atoms with Crippen LogP contribution in [0.15, 0.2) is 71.6 Å². The van der Waals surface area contributed by atoms with Gasteiger partial charge in [-0.3, -0.25) is 4.79 Å². The summed E-state index contributed by atoms with van der Waals surface area (Å²) in [4.78, 5) is 13.3. The Hall–Kier alpha value is -3.56. The van der Waals surface area contributed by atoms with Gasteiger partial charge in [0.05, 0.1) is 13.7 Å². The third kappa shape index (κ3) is 5.71. The molecular formula is C23H20N2O3S. The molecule has 0 unspecified atom stereocenters. The van der Waals surface area contributed by atoms with E-state index in [0.717, 1.165) is 10.4 Å². The van der Waals surface area contributed by atoms with Crippen LogP contribution in [-0.2, 0) is 17.9 Å². The Morgan fingerprint density at radius 3 is 2.66 bits per heavy atom. The van der Waals surface area contributed by atoms with Gasteiger partial charge in [-0.1, -0.05) is 42.5 Å². The van der Waals surface area contributed by atoms with Gasteiger partial charge in [0.25, 0.3) is 5.91 Å². The van der Waals surface area contributed by atoms with Crippen molar-refractivity contribution in [1.82, 2.24) is 5.32 Å². The van der Waals surface area contributed by atoms with Crippen LogP contribution in [0.1, 0.15) is 16.0 Å². The maximum absolute atomic E-state index is 12.3. The van der Waals surface area contributed by atoms with Gasteiger partial charge in [0.15, 0.2) is 11.5 Å². The Morgan fingerprint density at radius 1 is 1.14 bits per heavy atom. The van der Waals surface area contributed by atoms with E-state index in [9.17, 15) is 10.1 Å². The Bertz CT molecular complexity index is 1020. The topological polar surface area (TPSA) is 71.3 Å². The van der Waals surface area contributed by atoms with Crippen LogP contribution in [0.3, 0.4) is 0 Å². The molecule has 3 aromatic rings. The summed E-state index contributed by atoms with van der Waals surface area (Å²) in [5.41, 5.74) is 1.76. The summed E-state index contributed by atoms with van der Waals surface area (Å²) in [5.74, 6) is 0.712. The molecule has 0 bridgehead atoms. The lowest BCUT2D eigenvalue weighted by Crippen LogP contribution is -2.23. The zero-order chi connectivity index (χ0) is 20.5. The first-order chi connectivity index (χ1) is 14.2. The zero-order valence-corrected chi connectivity index (χ0v) is 16.7. The average Bonchev–Trinajstić information content (AvgIpc) is 3.29. The fraction of sp³-hybridized carbons (Fsp3) is 0.130. The van der Waals surface area contributed by atoms with Gasteiger partial charge in [0, 0.05) is 4.88 Å². The van der Waals surface area contributed by atoms with Crippen molar-refractivity contribution >= 4 is 23.3 Å². The van der Waals surface area contributed by atoms with Crippen molar-refractivity contribution in [3.05, 3.63) is 87.6 Å². The van der Waals surface area contributed by atoms with Crippen LogP contribution in [0.5, 0.6) is 11.5 Å². The number of thiophene rings is 1. The van der Waals surface area contributed by atoms with Gasteiger partial charge >= 0.3 is 0 Å². The third-order valence-corrected chi connectivity index (χ3v) is 4.98. The molecule has 2 aromatic carbocycles. The Kier molecular flexibility index (Phi) is 7.04. The summed E-state index contributed by atoms with van der Waals surface area (Å²) in [6.45, 7) is 0.812. The highest BCUT2D eigenvalue weighted by atomic mass is 32.1. The number of hydrogen-bond donors (Lipinski definition) is 1. The molecule has 1 aromatic heterocycles. The zero-order valence-electron chi connectivity index (χ0n) is 15.9. The first kappa shape index (κ1) is 20.2. The molecule has 0 fully saturated rings. The van der Waals surface area contributed by atoms with Gasteiger partial charge in [-0.05, 0) is 40.8 Å². The molecule has 1 amide bonds. The molecule has 0 aliphatic heterocycles. The molecule has 1 N–H and O–H groups in total. The molecular weight excluding hydrogens is 384 g/mol. The largest absolute Gasteiger partial charge is 0.493 e. The van der Waals surface area contributed by atoms with Crippen molar-refractivity contribution < 1.29 is 14.3 Å². The highest BCUT2D eigenvalue weighted by Gasteiger charge is 2.11. The molecule has 146 valence electrons. The number of rotatable bonds is 8. The monoisotopic (exact) mass is 404 g/mol. The van der Waals surface area contributed by atoms with Crippen molar-refractivity contribution in [2.24, 2.45) is 0 Å². The number of carbonyl (C=O) groups is 1. The molecule has 0 aliphatic rings. The second-order valence-electron chi connectivity index (χ2n) is 6.12. The standard InChI is InChI=1S/C23H20N2O3S/c1-27-22-13-18(9-10-21(22)28-16-17-6-3-2-4-7-17)12-19(14-24)23(26)25-15-20-8-5-11-29-20/h2-13H,15-16H2,1H3,(H,25,26)/b19-12+. The van der Waals surface area contributed by atoms with Gasteiger partial charge < -0.3 is 14.8 Å². The summed E-state index contributed by atoms with van der Waals surface area (Å²) in [7, 11) is 1.55. The maximum Gasteiger partial charge on any atom is 0.262 e. The van der Waals surface area contributed by atoms with E-state index in [1.54, 1.807) is 36.6 Å². The first-order valence-corrected chi connectivity index (χ1v) is 9.84. The van der Waals surface area contributed by atoms with Crippen LogP contribution in [0.4, 0.5) is 0 Å². The average molecular weight is 404 g/mol. The molecule has 0 saturated carbocycles. The van der Waals surface area contributed by atoms with Crippen molar-refractivity contribution in [3.8, 4) is 17.6 Å². The van der Waals surface area contributed by atoms with E-state index in [4.69, 9.17) is 9.47 Å². The van der Waals surface area contributed by atoms with E-state index in [2.05, 4.69) is 5.32 Å². The van der Waals surface area contributed by atoms with Crippen LogP contribution in [0.2, 0.25) is 0 Å². The lowest BCUT2D eigenvalue weighted by Gasteiger charge is -2.11. The van der Waals surface area contributed by atoms with Crippen molar-refractivity contribution in [3.63, 3.8) is 0 Å². The first-order valence-electron chi connectivity index (χ1n) is 8.96. The molecule has 0 aliphatic carbocycles. The van der Waals surface area contributed by atoms with Crippen LogP contribution in [0.25, 0.3) is 6.08 Å². The quantitative estimate of drug-likeness (QED) is 0.441. The van der Waals surface area contributed by atoms with E-state index in [0.29, 0.717) is 30.2 Å². The van der Waals surface area contributed by atoms with E-state index < -0.39 is 5.91 Å². The number of nitrogens with zero attached hydrogens (tertiary/aromatic N) is 1. The molecule has 29 heavy (non-hydrogen) atoms. The Labute approximate surface area is 173 Å². The summed E-state index contributed by atoms with van der Waals surface area (Å²) in [6.07, 6.45) is 1.53. The molecule has 3 rings (SSSR count). The van der Waals surface area contributed by atoms with Crippen LogP contribution < -0.4 is 14.8 Å². The molecule has 6 heteroatoms. The van der Waals surface area contributed by atoms with E-state index in [1.165, 1.54) is 6.08 Å². The van der Waals surface area contributed by atoms with Gasteiger partial charge in [0.2, 0.25) is 0 Å². The maximum atomic E-state index is 12.3. The summed E-state index contributed by atoms with van der Waals surface area (Å²) < 4.78 is 11.2. The number of methoxy groups -OCH3 is 1. The van der Waals surface area contributed by atoms with Crippen LogP contribution in [-0.4, -0.2) is 13.0 Å². The SMILES string of the molecule is COc1cc(/C=C(\C#N)C(=O)NCc2cccs2)ccc1OCc1ccccc1. The number of benzene rings is 2. The van der Waals surface area contributed by atoms with Crippen molar-refractivity contribution in [1.29, 1.82) is 5.26 Å². The minimum Gasteiger partial charge on any atom is -0.493 e. The van der Waals surface area contributed by atoms with Crippen molar-refractivity contribution in [2.75, 3.05) is 7.11 Å². The molecule has 5 nitrogen and oxygen atoms in total. The number of ether oxygens (including phenoxy) is 2. The summed E-state index contributed by atoms with van der Waals surface area (Å²) >= 11 is 1.55.